The minimum absolute atomic E-state index is 0.00582. The third-order valence-electron chi connectivity index (χ3n) is 12.3. The van der Waals surface area contributed by atoms with Gasteiger partial charge in [0, 0.05) is 55.9 Å². The first-order valence-corrected chi connectivity index (χ1v) is 22.0. The Morgan fingerprint density at radius 2 is 1.72 bits per heavy atom. The van der Waals surface area contributed by atoms with Crippen molar-refractivity contribution >= 4 is 29.7 Å². The normalized spacial score (nSPS) is 22.6. The van der Waals surface area contributed by atoms with Crippen molar-refractivity contribution in [3.63, 3.8) is 0 Å². The van der Waals surface area contributed by atoms with Crippen molar-refractivity contribution < 1.29 is 58.4 Å². The van der Waals surface area contributed by atoms with Gasteiger partial charge in [-0.05, 0) is 103 Å². The zero-order valence-electron chi connectivity index (χ0n) is 36.9. The molecule has 1 heterocycles. The molecule has 3 aromatic rings. The fourth-order valence-electron chi connectivity index (χ4n) is 9.55. The van der Waals surface area contributed by atoms with Crippen molar-refractivity contribution in [1.29, 1.82) is 0 Å². The van der Waals surface area contributed by atoms with E-state index in [-0.39, 0.29) is 76.0 Å². The number of aliphatic hydroxyl groups is 3. The Kier molecular flexibility index (Phi) is 17.4. The van der Waals surface area contributed by atoms with E-state index in [9.17, 15) is 35.0 Å². The first-order chi connectivity index (χ1) is 31.7. The minimum atomic E-state index is -1.55. The Balaban J connectivity index is 1.55. The van der Waals surface area contributed by atoms with E-state index >= 15 is 0 Å². The number of aliphatic hydroxyl groups excluding tert-OH is 3. The van der Waals surface area contributed by atoms with Gasteiger partial charge in [-0.1, -0.05) is 30.1 Å². The highest BCUT2D eigenvalue weighted by atomic mass is 16.7. The van der Waals surface area contributed by atoms with E-state index in [2.05, 4.69) is 17.8 Å². The number of hydrogen-bond acceptors (Lipinski definition) is 14. The van der Waals surface area contributed by atoms with Crippen molar-refractivity contribution in [2.24, 2.45) is 22.9 Å². The summed E-state index contributed by atoms with van der Waals surface area (Å²) >= 11 is 0. The Labute approximate surface area is 378 Å². The van der Waals surface area contributed by atoms with Gasteiger partial charge in [-0.2, -0.15) is 0 Å². The molecule has 2 aliphatic carbocycles. The average molecular weight is 898 g/mol. The van der Waals surface area contributed by atoms with E-state index in [1.807, 2.05) is 12.1 Å². The maximum atomic E-state index is 14.8. The van der Waals surface area contributed by atoms with Gasteiger partial charge in [0.2, 0.25) is 11.7 Å². The third-order valence-corrected chi connectivity index (χ3v) is 12.3. The molecule has 1 amide bonds. The van der Waals surface area contributed by atoms with Crippen LogP contribution in [-0.2, 0) is 19.1 Å². The molecule has 1 fully saturated rings. The molecule has 3 N–H and O–H groups in total. The first-order valence-electron chi connectivity index (χ1n) is 22.0. The number of carbonyl (C=O) groups is 2. The molecular formula is C49H59N3O13. The summed E-state index contributed by atoms with van der Waals surface area (Å²) in [5, 5.41) is 45.3. The van der Waals surface area contributed by atoms with Crippen LogP contribution in [0.1, 0.15) is 72.3 Å². The standard InChI is InChI=1S/C49H59N3O13/c1-4-25-63-49-45(51(21-26-62-27-24-55)46(57)20-13-33-11-14-36(15-12-33)52(58)59)31-42(50-61-3)40-29-34(9-5-7-22-53)39(10-6-8-23-54)47(48(40)49)41-30-38(17-19-44(41)65-49)64-37-16-18-43(60-2)35(28-37)32-56/h4,11-20,28-30,32,34,39,45,47-48,53-55H,1,5-10,21-27,31H2,2-3H3. The van der Waals surface area contributed by atoms with E-state index in [4.69, 9.17) is 28.5 Å². The molecule has 6 atom stereocenters. The molecule has 348 valence electrons. The maximum Gasteiger partial charge on any atom is 0.269 e. The Bertz CT molecular complexity index is 2210. The van der Waals surface area contributed by atoms with E-state index in [0.717, 1.165) is 36.8 Å². The van der Waals surface area contributed by atoms with Gasteiger partial charge < -0.3 is 48.7 Å². The topological polar surface area (TPSA) is 209 Å². The summed E-state index contributed by atoms with van der Waals surface area (Å²) in [6.45, 7) is 4.06. The number of methoxy groups -OCH3 is 1. The number of non-ortho nitro benzene ring substituents is 1. The van der Waals surface area contributed by atoms with Gasteiger partial charge in [-0.3, -0.25) is 19.7 Å². The number of amides is 1. The Hall–Kier alpha value is -5.91. The minimum Gasteiger partial charge on any atom is -0.496 e. The van der Waals surface area contributed by atoms with E-state index in [0.29, 0.717) is 59.0 Å². The van der Waals surface area contributed by atoms with Crippen molar-refractivity contribution in [1.82, 2.24) is 4.90 Å². The second kappa shape index (κ2) is 23.3. The molecule has 0 bridgehead atoms. The quantitative estimate of drug-likeness (QED) is 0.0195. The number of aldehydes is 1. The number of nitro groups is 1. The molecule has 1 aliphatic heterocycles. The average Bonchev–Trinajstić information content (AvgIpc) is 3.32. The number of fused-ring (bicyclic) bond motifs is 2. The molecule has 0 spiro atoms. The molecule has 65 heavy (non-hydrogen) atoms. The Morgan fingerprint density at radius 1 is 0.985 bits per heavy atom. The molecule has 6 unspecified atom stereocenters. The number of nitrogens with zero attached hydrogens (tertiary/aromatic N) is 3. The van der Waals surface area contributed by atoms with Gasteiger partial charge in [-0.25, -0.2) is 0 Å². The van der Waals surface area contributed by atoms with Crippen LogP contribution in [-0.4, -0.2) is 115 Å². The fraction of sp³-hybridized carbons (Fsp3) is 0.449. The van der Waals surface area contributed by atoms with E-state index < -0.39 is 28.6 Å². The van der Waals surface area contributed by atoms with Crippen LogP contribution in [0.3, 0.4) is 0 Å². The lowest BCUT2D eigenvalue weighted by Gasteiger charge is -2.60. The summed E-state index contributed by atoms with van der Waals surface area (Å²) in [5.41, 5.74) is 3.09. The lowest BCUT2D eigenvalue weighted by atomic mass is 9.55. The van der Waals surface area contributed by atoms with Crippen LogP contribution in [0.15, 0.2) is 96.2 Å². The van der Waals surface area contributed by atoms with Crippen LogP contribution in [0.4, 0.5) is 5.69 Å². The zero-order valence-corrected chi connectivity index (χ0v) is 36.9. The molecule has 16 nitrogen and oxygen atoms in total. The lowest BCUT2D eigenvalue weighted by molar-refractivity contribution is -0.384. The zero-order chi connectivity index (χ0) is 46.3. The van der Waals surface area contributed by atoms with Crippen molar-refractivity contribution in [2.45, 2.75) is 62.7 Å². The second-order valence-corrected chi connectivity index (χ2v) is 16.1. The second-order valence-electron chi connectivity index (χ2n) is 16.1. The first kappa shape index (κ1) is 48.5. The predicted molar refractivity (Wildman–Crippen MR) is 242 cm³/mol. The van der Waals surface area contributed by atoms with Gasteiger partial charge in [-0.15, -0.1) is 6.58 Å². The van der Waals surface area contributed by atoms with Gasteiger partial charge >= 0.3 is 0 Å². The van der Waals surface area contributed by atoms with Gasteiger partial charge in [0.05, 0.1) is 55.7 Å². The molecule has 0 saturated heterocycles. The van der Waals surface area contributed by atoms with Crippen LogP contribution in [0.25, 0.3) is 6.08 Å². The molecular weight excluding hydrogens is 839 g/mol. The molecule has 6 rings (SSSR count). The summed E-state index contributed by atoms with van der Waals surface area (Å²) in [5.74, 6) is -1.14. The van der Waals surface area contributed by atoms with Crippen LogP contribution in [0.5, 0.6) is 23.0 Å². The molecule has 0 aromatic heterocycles. The largest absolute Gasteiger partial charge is 0.496 e. The summed E-state index contributed by atoms with van der Waals surface area (Å²) < 4.78 is 31.8. The SMILES string of the molecule is C=CCOC12Oc3ccc(Oc4ccc(OC)c(C=O)c4)cc3C3C(CCCCO)C(CCCCO)C=C(C(=NOC)CC1N(CCOCCO)C(=O)C=Cc1ccc([N+](=O)[O-])cc1)C32. The van der Waals surface area contributed by atoms with E-state index in [1.165, 1.54) is 32.4 Å². The summed E-state index contributed by atoms with van der Waals surface area (Å²) in [6, 6.07) is 15.5. The van der Waals surface area contributed by atoms with Gasteiger partial charge in [0.25, 0.3) is 5.69 Å². The van der Waals surface area contributed by atoms with Crippen molar-refractivity contribution in [2.75, 3.05) is 60.4 Å². The monoisotopic (exact) mass is 897 g/mol. The molecule has 3 aromatic carbocycles. The summed E-state index contributed by atoms with van der Waals surface area (Å²) in [4.78, 5) is 44.7. The number of ether oxygens (including phenoxy) is 5. The highest BCUT2D eigenvalue weighted by Gasteiger charge is 2.65. The van der Waals surface area contributed by atoms with Gasteiger partial charge in [0.1, 0.15) is 36.1 Å². The highest BCUT2D eigenvalue weighted by Crippen LogP contribution is 2.62. The van der Waals surface area contributed by atoms with Crippen molar-refractivity contribution in [3.8, 4) is 23.0 Å². The smallest absolute Gasteiger partial charge is 0.269 e. The number of hydrogen-bond donors (Lipinski definition) is 3. The number of unbranched alkanes of at least 4 members (excludes halogenated alkanes) is 2. The van der Waals surface area contributed by atoms with E-state index in [1.54, 1.807) is 53.5 Å². The third kappa shape index (κ3) is 11.1. The number of carbonyl (C=O) groups excluding carboxylic acids is 2. The molecule has 16 heteroatoms. The number of nitro benzene ring substituents is 1. The fourth-order valence-corrected chi connectivity index (χ4v) is 9.55. The molecule has 3 aliphatic rings. The van der Waals surface area contributed by atoms with Crippen LogP contribution < -0.4 is 14.2 Å². The highest BCUT2D eigenvalue weighted by molar-refractivity contribution is 6.03. The molecule has 1 saturated carbocycles. The van der Waals surface area contributed by atoms with Crippen LogP contribution in [0, 0.1) is 27.9 Å². The Morgan fingerprint density at radius 3 is 2.40 bits per heavy atom. The maximum absolute atomic E-state index is 14.8. The number of oxime groups is 1. The van der Waals surface area contributed by atoms with Crippen LogP contribution in [0.2, 0.25) is 0 Å². The van der Waals surface area contributed by atoms with Crippen molar-refractivity contribution in [3.05, 3.63) is 118 Å². The summed E-state index contributed by atoms with van der Waals surface area (Å²) in [7, 11) is 2.96. The van der Waals surface area contributed by atoms with Gasteiger partial charge in [0.15, 0.2) is 6.29 Å². The van der Waals surface area contributed by atoms with Crippen LogP contribution >= 0.6 is 0 Å². The number of rotatable bonds is 25. The molecule has 0 radical (unpaired) electrons. The number of allylic oxidation sites excluding steroid dienone is 1. The summed E-state index contributed by atoms with van der Waals surface area (Å²) in [6.07, 6.45) is 11.9. The lowest BCUT2D eigenvalue weighted by Crippen LogP contribution is -2.70. The number of benzene rings is 3. The predicted octanol–water partition coefficient (Wildman–Crippen LogP) is 7.02.